The number of likely N-dealkylation sites (tertiary alicyclic amines) is 1. The van der Waals surface area contributed by atoms with Crippen molar-refractivity contribution in [1.29, 1.82) is 0 Å². The molecule has 7 heteroatoms. The monoisotopic (exact) mass is 400 g/mol. The number of amides is 1. The van der Waals surface area contributed by atoms with E-state index in [4.69, 9.17) is 4.74 Å². The van der Waals surface area contributed by atoms with Gasteiger partial charge in [0, 0.05) is 18.7 Å². The number of carbonyl (C=O) groups excluding carboxylic acids is 1. The molecule has 2 aromatic carbocycles. The van der Waals surface area contributed by atoms with E-state index < -0.39 is 10.0 Å². The van der Waals surface area contributed by atoms with Crippen molar-refractivity contribution in [2.24, 2.45) is 0 Å². The number of methoxy groups -OCH3 is 1. The number of ether oxygens (including phenoxy) is 1. The number of sulfonamides is 1. The van der Waals surface area contributed by atoms with E-state index in [-0.39, 0.29) is 11.9 Å². The molecule has 2 aliphatic heterocycles. The van der Waals surface area contributed by atoms with Crippen LogP contribution in [0.1, 0.15) is 40.4 Å². The first kappa shape index (κ1) is 18.8. The normalized spacial score (nSPS) is 19.0. The first-order valence-electron chi connectivity index (χ1n) is 9.44. The van der Waals surface area contributed by atoms with Crippen LogP contribution < -0.4 is 9.04 Å². The summed E-state index contributed by atoms with van der Waals surface area (Å²) >= 11 is 0. The highest BCUT2D eigenvalue weighted by Crippen LogP contribution is 2.35. The summed E-state index contributed by atoms with van der Waals surface area (Å²) in [5.41, 5.74) is 3.33. The molecule has 4 rings (SSSR count). The molecule has 1 amide bonds. The quantitative estimate of drug-likeness (QED) is 0.791. The van der Waals surface area contributed by atoms with Gasteiger partial charge < -0.3 is 9.64 Å². The molecular formula is C21H24N2O4S. The fraction of sp³-hybridized carbons (Fsp3) is 0.381. The first-order valence-corrected chi connectivity index (χ1v) is 11.3. The Morgan fingerprint density at radius 3 is 2.54 bits per heavy atom. The average molecular weight is 401 g/mol. The predicted octanol–water partition coefficient (Wildman–Crippen LogP) is 2.99. The first-order chi connectivity index (χ1) is 13.4. The third kappa shape index (κ3) is 3.35. The largest absolute Gasteiger partial charge is 0.497 e. The van der Waals surface area contributed by atoms with Crippen molar-refractivity contribution < 1.29 is 17.9 Å². The fourth-order valence-corrected chi connectivity index (χ4v) is 5.16. The maximum atomic E-state index is 13.2. The molecule has 0 aliphatic carbocycles. The molecule has 0 spiro atoms. The van der Waals surface area contributed by atoms with Crippen molar-refractivity contribution in [3.63, 3.8) is 0 Å². The predicted molar refractivity (Wildman–Crippen MR) is 108 cm³/mol. The SMILES string of the molecule is COc1ccc(C2CCCN2C(=O)c2ccc3c(c2)CCN3S(C)(=O)=O)cc1. The van der Waals surface area contributed by atoms with Crippen LogP contribution in [0.3, 0.4) is 0 Å². The van der Waals surface area contributed by atoms with Crippen LogP contribution >= 0.6 is 0 Å². The van der Waals surface area contributed by atoms with Gasteiger partial charge in [0.2, 0.25) is 10.0 Å². The van der Waals surface area contributed by atoms with Gasteiger partial charge in [-0.05, 0) is 60.7 Å². The fourth-order valence-electron chi connectivity index (χ4n) is 4.20. The van der Waals surface area contributed by atoms with Crippen LogP contribution in [0, 0.1) is 0 Å². The molecule has 1 unspecified atom stereocenters. The smallest absolute Gasteiger partial charge is 0.254 e. The molecule has 2 heterocycles. The van der Waals surface area contributed by atoms with Crippen molar-refractivity contribution in [2.45, 2.75) is 25.3 Å². The summed E-state index contributed by atoms with van der Waals surface area (Å²) in [7, 11) is -1.65. The summed E-state index contributed by atoms with van der Waals surface area (Å²) < 4.78 is 30.5. The van der Waals surface area contributed by atoms with Gasteiger partial charge >= 0.3 is 0 Å². The average Bonchev–Trinajstić information content (AvgIpc) is 3.33. The molecule has 2 aliphatic rings. The number of benzene rings is 2. The zero-order valence-corrected chi connectivity index (χ0v) is 16.9. The standard InChI is InChI=1S/C21H24N2O4S/c1-27-18-8-5-15(6-9-18)19-4-3-12-22(19)21(24)17-7-10-20-16(14-17)11-13-23(20)28(2,25)26/h5-10,14,19H,3-4,11-13H2,1-2H3. The minimum absolute atomic E-state index is 0.000997. The number of anilines is 1. The number of rotatable bonds is 4. The van der Waals surface area contributed by atoms with Crippen LogP contribution in [0.2, 0.25) is 0 Å². The van der Waals surface area contributed by atoms with E-state index in [1.165, 1.54) is 10.6 Å². The van der Waals surface area contributed by atoms with Crippen LogP contribution in [0.25, 0.3) is 0 Å². The Kier molecular flexibility index (Phi) is 4.79. The zero-order valence-electron chi connectivity index (χ0n) is 16.1. The lowest BCUT2D eigenvalue weighted by Gasteiger charge is -2.25. The summed E-state index contributed by atoms with van der Waals surface area (Å²) in [6.07, 6.45) is 3.75. The second-order valence-corrected chi connectivity index (χ2v) is 9.27. The molecule has 0 saturated carbocycles. The van der Waals surface area contributed by atoms with Gasteiger partial charge in [0.15, 0.2) is 0 Å². The molecule has 148 valence electrons. The van der Waals surface area contributed by atoms with Gasteiger partial charge in [0.05, 0.1) is 25.1 Å². The molecule has 0 N–H and O–H groups in total. The highest BCUT2D eigenvalue weighted by Gasteiger charge is 2.32. The summed E-state index contributed by atoms with van der Waals surface area (Å²) in [5.74, 6) is 0.799. The van der Waals surface area contributed by atoms with Crippen molar-refractivity contribution >= 4 is 21.6 Å². The second-order valence-electron chi connectivity index (χ2n) is 7.36. The highest BCUT2D eigenvalue weighted by molar-refractivity contribution is 7.92. The molecule has 28 heavy (non-hydrogen) atoms. The zero-order chi connectivity index (χ0) is 19.9. The van der Waals surface area contributed by atoms with E-state index in [1.54, 1.807) is 19.2 Å². The molecule has 2 aromatic rings. The van der Waals surface area contributed by atoms with E-state index in [2.05, 4.69) is 0 Å². The van der Waals surface area contributed by atoms with Crippen molar-refractivity contribution in [3.8, 4) is 5.75 Å². The number of fused-ring (bicyclic) bond motifs is 1. The highest BCUT2D eigenvalue weighted by atomic mass is 32.2. The van der Waals surface area contributed by atoms with Gasteiger partial charge in [-0.25, -0.2) is 8.42 Å². The van der Waals surface area contributed by atoms with Gasteiger partial charge in [-0.15, -0.1) is 0 Å². The summed E-state index contributed by atoms with van der Waals surface area (Å²) in [6, 6.07) is 13.3. The Hall–Kier alpha value is -2.54. The summed E-state index contributed by atoms with van der Waals surface area (Å²) in [5, 5.41) is 0. The Labute approximate surface area is 165 Å². The second kappa shape index (κ2) is 7.13. The van der Waals surface area contributed by atoms with Gasteiger partial charge in [0.25, 0.3) is 5.91 Å². The summed E-state index contributed by atoms with van der Waals surface area (Å²) in [4.78, 5) is 15.1. The van der Waals surface area contributed by atoms with Crippen LogP contribution in [0.15, 0.2) is 42.5 Å². The van der Waals surface area contributed by atoms with E-state index in [0.29, 0.717) is 24.2 Å². The lowest BCUT2D eigenvalue weighted by atomic mass is 10.0. The topological polar surface area (TPSA) is 66.9 Å². The lowest BCUT2D eigenvalue weighted by Crippen LogP contribution is -2.30. The van der Waals surface area contributed by atoms with Crippen LogP contribution in [-0.2, 0) is 16.4 Å². The van der Waals surface area contributed by atoms with Crippen molar-refractivity contribution in [1.82, 2.24) is 4.90 Å². The molecule has 6 nitrogen and oxygen atoms in total. The van der Waals surface area contributed by atoms with E-state index in [0.717, 1.165) is 36.3 Å². The summed E-state index contributed by atoms with van der Waals surface area (Å²) in [6.45, 7) is 1.16. The third-order valence-corrected chi connectivity index (χ3v) is 6.77. The molecule has 0 bridgehead atoms. The van der Waals surface area contributed by atoms with Gasteiger partial charge in [0.1, 0.15) is 5.75 Å². The number of nitrogens with zero attached hydrogens (tertiary/aromatic N) is 2. The van der Waals surface area contributed by atoms with Gasteiger partial charge in [-0.1, -0.05) is 12.1 Å². The van der Waals surface area contributed by atoms with E-state index in [9.17, 15) is 13.2 Å². The molecular weight excluding hydrogens is 376 g/mol. The molecule has 1 saturated heterocycles. The van der Waals surface area contributed by atoms with E-state index >= 15 is 0 Å². The Balaban J connectivity index is 1.59. The van der Waals surface area contributed by atoms with Gasteiger partial charge in [-0.2, -0.15) is 0 Å². The maximum Gasteiger partial charge on any atom is 0.254 e. The van der Waals surface area contributed by atoms with Crippen LogP contribution in [0.5, 0.6) is 5.75 Å². The Morgan fingerprint density at radius 1 is 1.11 bits per heavy atom. The Morgan fingerprint density at radius 2 is 1.86 bits per heavy atom. The van der Waals surface area contributed by atoms with Gasteiger partial charge in [-0.3, -0.25) is 9.10 Å². The maximum absolute atomic E-state index is 13.2. The van der Waals surface area contributed by atoms with Crippen LogP contribution in [-0.4, -0.2) is 45.7 Å². The minimum atomic E-state index is -3.29. The Bertz CT molecular complexity index is 1000. The lowest BCUT2D eigenvalue weighted by molar-refractivity contribution is 0.0735. The van der Waals surface area contributed by atoms with E-state index in [1.807, 2.05) is 35.2 Å². The van der Waals surface area contributed by atoms with Crippen molar-refractivity contribution in [3.05, 3.63) is 59.2 Å². The molecule has 0 aromatic heterocycles. The third-order valence-electron chi connectivity index (χ3n) is 5.59. The minimum Gasteiger partial charge on any atom is -0.497 e. The number of hydrogen-bond donors (Lipinski definition) is 0. The van der Waals surface area contributed by atoms with Crippen LogP contribution in [0.4, 0.5) is 5.69 Å². The molecule has 1 fully saturated rings. The molecule has 0 radical (unpaired) electrons. The molecule has 1 atom stereocenters. The van der Waals surface area contributed by atoms with Crippen molar-refractivity contribution in [2.75, 3.05) is 30.8 Å². The number of hydrogen-bond acceptors (Lipinski definition) is 4. The number of carbonyl (C=O) groups is 1.